The molecule has 2 aromatic heterocycles. The van der Waals surface area contributed by atoms with Gasteiger partial charge >= 0.3 is 0 Å². The molecule has 2 aromatic rings. The summed E-state index contributed by atoms with van der Waals surface area (Å²) in [5.74, 6) is -0.00275. The van der Waals surface area contributed by atoms with Crippen LogP contribution in [0.15, 0.2) is 17.6 Å². The molecule has 4 heterocycles. The van der Waals surface area contributed by atoms with E-state index in [1.54, 1.807) is 11.3 Å². The molecule has 1 fully saturated rings. The van der Waals surface area contributed by atoms with Gasteiger partial charge in [0.15, 0.2) is 5.69 Å². The van der Waals surface area contributed by atoms with E-state index in [1.165, 1.54) is 10.4 Å². The van der Waals surface area contributed by atoms with E-state index in [4.69, 9.17) is 0 Å². The molecule has 0 unspecified atom stereocenters. The Labute approximate surface area is 145 Å². The summed E-state index contributed by atoms with van der Waals surface area (Å²) in [7, 11) is 0. The smallest absolute Gasteiger partial charge is 0.276 e. The minimum Gasteiger partial charge on any atom is -0.332 e. The molecular formula is C15H20ClN5OS. The Morgan fingerprint density at radius 1 is 1.35 bits per heavy atom. The van der Waals surface area contributed by atoms with Crippen LogP contribution in [0.3, 0.4) is 0 Å². The van der Waals surface area contributed by atoms with Gasteiger partial charge in [0.05, 0.1) is 12.2 Å². The van der Waals surface area contributed by atoms with Crippen molar-refractivity contribution in [1.82, 2.24) is 25.2 Å². The average Bonchev–Trinajstić information content (AvgIpc) is 3.23. The van der Waals surface area contributed by atoms with Crippen LogP contribution in [0, 0.1) is 0 Å². The van der Waals surface area contributed by atoms with Gasteiger partial charge in [0.25, 0.3) is 5.91 Å². The fraction of sp³-hybridized carbons (Fsp3) is 0.533. The van der Waals surface area contributed by atoms with E-state index in [1.807, 2.05) is 15.8 Å². The van der Waals surface area contributed by atoms with E-state index in [9.17, 15) is 4.79 Å². The van der Waals surface area contributed by atoms with Gasteiger partial charge in [-0.1, -0.05) is 5.21 Å². The van der Waals surface area contributed by atoms with Gasteiger partial charge in [0, 0.05) is 18.0 Å². The zero-order valence-electron chi connectivity index (χ0n) is 12.8. The summed E-state index contributed by atoms with van der Waals surface area (Å²) in [5.41, 5.74) is 1.74. The van der Waals surface area contributed by atoms with Crippen LogP contribution in [0.5, 0.6) is 0 Å². The van der Waals surface area contributed by atoms with Crippen LogP contribution < -0.4 is 5.32 Å². The number of nitrogens with one attached hydrogen (secondary N) is 1. The Hall–Kier alpha value is -1.44. The van der Waals surface area contributed by atoms with Crippen LogP contribution >= 0.6 is 23.7 Å². The third-order valence-electron chi connectivity index (χ3n) is 4.51. The molecule has 0 radical (unpaired) electrons. The molecule has 23 heavy (non-hydrogen) atoms. The number of thiophene rings is 1. The highest BCUT2D eigenvalue weighted by atomic mass is 35.5. The van der Waals surface area contributed by atoms with Crippen molar-refractivity contribution in [2.24, 2.45) is 0 Å². The Kier molecular flexibility index (Phi) is 4.99. The number of halogens is 1. The standard InChI is InChI=1S/C15H19N5OS.ClH/c21-15(19-7-3-14-11(9-19)4-8-22-14)13-10-20(18-17-13)12-1-5-16-6-2-12;/h4,8,10,12,16H,1-3,5-7,9H2;1H. The second-order valence-corrected chi connectivity index (χ2v) is 6.91. The van der Waals surface area contributed by atoms with Crippen molar-refractivity contribution in [3.05, 3.63) is 33.8 Å². The molecule has 1 N–H and O–H groups in total. The number of nitrogens with zero attached hydrogens (tertiary/aromatic N) is 4. The zero-order chi connectivity index (χ0) is 14.9. The first-order chi connectivity index (χ1) is 10.8. The van der Waals surface area contributed by atoms with Crippen molar-refractivity contribution in [3.8, 4) is 0 Å². The van der Waals surface area contributed by atoms with Crippen LogP contribution in [-0.4, -0.2) is 45.4 Å². The van der Waals surface area contributed by atoms with Gasteiger partial charge in [-0.2, -0.15) is 0 Å². The molecule has 1 saturated heterocycles. The molecule has 0 atom stereocenters. The molecule has 8 heteroatoms. The van der Waals surface area contributed by atoms with Gasteiger partial charge in [-0.15, -0.1) is 28.8 Å². The largest absolute Gasteiger partial charge is 0.332 e. The highest BCUT2D eigenvalue weighted by Gasteiger charge is 2.25. The summed E-state index contributed by atoms with van der Waals surface area (Å²) in [6.07, 6.45) is 4.85. The quantitative estimate of drug-likeness (QED) is 0.895. The van der Waals surface area contributed by atoms with E-state index >= 15 is 0 Å². The molecule has 124 valence electrons. The zero-order valence-corrected chi connectivity index (χ0v) is 14.4. The van der Waals surface area contributed by atoms with Gasteiger partial charge in [-0.05, 0) is 49.4 Å². The number of hydrogen-bond donors (Lipinski definition) is 1. The molecule has 2 aliphatic rings. The molecule has 0 spiro atoms. The average molecular weight is 354 g/mol. The summed E-state index contributed by atoms with van der Waals surface area (Å²) < 4.78 is 1.87. The summed E-state index contributed by atoms with van der Waals surface area (Å²) in [6, 6.07) is 2.48. The number of fused-ring (bicyclic) bond motifs is 1. The van der Waals surface area contributed by atoms with E-state index < -0.39 is 0 Å². The SMILES string of the molecule is Cl.O=C(c1cn(C2CCNCC2)nn1)N1CCc2sccc2C1. The summed E-state index contributed by atoms with van der Waals surface area (Å²) in [4.78, 5) is 15.9. The van der Waals surface area contributed by atoms with Crippen molar-refractivity contribution < 1.29 is 4.79 Å². The maximum Gasteiger partial charge on any atom is 0.276 e. The summed E-state index contributed by atoms with van der Waals surface area (Å²) in [6.45, 7) is 3.46. The number of hydrogen-bond acceptors (Lipinski definition) is 5. The van der Waals surface area contributed by atoms with Crippen LogP contribution in [-0.2, 0) is 13.0 Å². The molecule has 2 aliphatic heterocycles. The fourth-order valence-electron chi connectivity index (χ4n) is 3.21. The van der Waals surface area contributed by atoms with Gasteiger partial charge in [-0.25, -0.2) is 4.68 Å². The Morgan fingerprint density at radius 3 is 3.00 bits per heavy atom. The Balaban J connectivity index is 0.00000156. The highest BCUT2D eigenvalue weighted by Crippen LogP contribution is 2.25. The Bertz CT molecular complexity index is 679. The minimum atomic E-state index is -0.00275. The number of piperidine rings is 1. The number of carbonyl (C=O) groups excluding carboxylic acids is 1. The predicted octanol–water partition coefficient (Wildman–Crippen LogP) is 1.88. The summed E-state index contributed by atoms with van der Waals surface area (Å²) in [5, 5.41) is 13.7. The van der Waals surface area contributed by atoms with Gasteiger partial charge in [0.2, 0.25) is 0 Å². The highest BCUT2D eigenvalue weighted by molar-refractivity contribution is 7.10. The van der Waals surface area contributed by atoms with Crippen molar-refractivity contribution in [3.63, 3.8) is 0 Å². The van der Waals surface area contributed by atoms with E-state index in [0.29, 0.717) is 18.3 Å². The fourth-order valence-corrected chi connectivity index (χ4v) is 4.10. The maximum atomic E-state index is 12.6. The molecule has 6 nitrogen and oxygen atoms in total. The lowest BCUT2D eigenvalue weighted by Gasteiger charge is -2.26. The van der Waals surface area contributed by atoms with E-state index in [0.717, 1.165) is 38.9 Å². The molecule has 4 rings (SSSR count). The van der Waals surface area contributed by atoms with Gasteiger partial charge in [0.1, 0.15) is 0 Å². The molecular weight excluding hydrogens is 334 g/mol. The van der Waals surface area contributed by atoms with Crippen molar-refractivity contribution in [2.45, 2.75) is 31.8 Å². The van der Waals surface area contributed by atoms with E-state index in [-0.39, 0.29) is 18.3 Å². The van der Waals surface area contributed by atoms with Crippen LogP contribution in [0.2, 0.25) is 0 Å². The lowest BCUT2D eigenvalue weighted by molar-refractivity contribution is 0.0729. The van der Waals surface area contributed by atoms with Crippen molar-refractivity contribution in [1.29, 1.82) is 0 Å². The van der Waals surface area contributed by atoms with Gasteiger partial charge < -0.3 is 10.2 Å². The predicted molar refractivity (Wildman–Crippen MR) is 91.2 cm³/mol. The number of carbonyl (C=O) groups is 1. The molecule has 0 bridgehead atoms. The minimum absolute atomic E-state index is 0. The number of aromatic nitrogens is 3. The maximum absolute atomic E-state index is 12.6. The van der Waals surface area contributed by atoms with Crippen molar-refractivity contribution in [2.75, 3.05) is 19.6 Å². The van der Waals surface area contributed by atoms with Crippen LogP contribution in [0.25, 0.3) is 0 Å². The first kappa shape index (κ1) is 16.4. The third kappa shape index (κ3) is 3.27. The lowest BCUT2D eigenvalue weighted by Crippen LogP contribution is -2.35. The van der Waals surface area contributed by atoms with Crippen LogP contribution in [0.4, 0.5) is 0 Å². The summed E-state index contributed by atoms with van der Waals surface area (Å²) >= 11 is 1.78. The van der Waals surface area contributed by atoms with Crippen LogP contribution in [0.1, 0.15) is 39.8 Å². The first-order valence-electron chi connectivity index (χ1n) is 7.78. The number of rotatable bonds is 2. The monoisotopic (exact) mass is 353 g/mol. The Morgan fingerprint density at radius 2 is 2.17 bits per heavy atom. The molecule has 0 saturated carbocycles. The topological polar surface area (TPSA) is 63.1 Å². The molecule has 0 aromatic carbocycles. The molecule has 0 aliphatic carbocycles. The second-order valence-electron chi connectivity index (χ2n) is 5.91. The first-order valence-corrected chi connectivity index (χ1v) is 8.66. The molecule has 1 amide bonds. The normalized spacial score (nSPS) is 18.3. The number of amides is 1. The second kappa shape index (κ2) is 6.98. The third-order valence-corrected chi connectivity index (χ3v) is 5.53. The lowest BCUT2D eigenvalue weighted by atomic mass is 10.1. The van der Waals surface area contributed by atoms with Crippen molar-refractivity contribution >= 4 is 29.7 Å². The van der Waals surface area contributed by atoms with E-state index in [2.05, 4.69) is 27.1 Å². The van der Waals surface area contributed by atoms with Gasteiger partial charge in [-0.3, -0.25) is 4.79 Å².